The van der Waals surface area contributed by atoms with Gasteiger partial charge in [0.1, 0.15) is 5.76 Å². The molecule has 0 unspecified atom stereocenters. The fourth-order valence-electron chi connectivity index (χ4n) is 2.59. The van der Waals surface area contributed by atoms with Gasteiger partial charge in [0, 0.05) is 11.6 Å². The normalized spacial score (nSPS) is 10.7. The summed E-state index contributed by atoms with van der Waals surface area (Å²) >= 11 is 1.44. The van der Waals surface area contributed by atoms with Crippen molar-refractivity contribution in [1.82, 2.24) is 10.1 Å². The van der Waals surface area contributed by atoms with E-state index in [0.29, 0.717) is 10.9 Å². The van der Waals surface area contributed by atoms with E-state index in [1.807, 2.05) is 60.7 Å². The van der Waals surface area contributed by atoms with Crippen molar-refractivity contribution in [2.24, 2.45) is 0 Å². The lowest BCUT2D eigenvalue weighted by molar-refractivity contribution is 0.101. The van der Waals surface area contributed by atoms with Crippen LogP contribution >= 0.6 is 11.3 Å². The fourth-order valence-corrected chi connectivity index (χ4v) is 3.57. The molecule has 1 N–H and O–H groups in total. The van der Waals surface area contributed by atoms with Crippen LogP contribution in [0.25, 0.3) is 21.7 Å². The first-order valence-corrected chi connectivity index (χ1v) is 8.89. The number of anilines is 1. The third kappa shape index (κ3) is 3.27. The lowest BCUT2D eigenvalue weighted by atomic mass is 10.1. The second-order valence-electron chi connectivity index (χ2n) is 5.71. The molecular formula is C20H15N3O2S. The highest BCUT2D eigenvalue weighted by atomic mass is 32.1. The van der Waals surface area contributed by atoms with E-state index in [0.717, 1.165) is 21.7 Å². The summed E-state index contributed by atoms with van der Waals surface area (Å²) in [6.07, 6.45) is 0. The maximum Gasteiger partial charge on any atom is 0.279 e. The van der Waals surface area contributed by atoms with Crippen LogP contribution in [-0.4, -0.2) is 16.0 Å². The van der Waals surface area contributed by atoms with E-state index < -0.39 is 0 Å². The number of carbonyl (C=O) groups excluding carboxylic acids is 1. The van der Waals surface area contributed by atoms with Gasteiger partial charge in [0.05, 0.1) is 10.6 Å². The fraction of sp³-hybridized carbons (Fsp3) is 0.0500. The average Bonchev–Trinajstić information content (AvgIpc) is 3.30. The van der Waals surface area contributed by atoms with E-state index in [9.17, 15) is 4.79 Å². The minimum absolute atomic E-state index is 0.236. The molecule has 1 amide bonds. The molecule has 128 valence electrons. The standard InChI is InChI=1S/C20H15N3O2S/c1-13-12-16(23-25-13)19(24)22-20-21-17(14-8-4-2-5-9-14)18(26-20)15-10-6-3-7-11-15/h2-12H,1H3,(H,21,22,24). The number of aryl methyl sites for hydroxylation is 1. The number of benzene rings is 2. The van der Waals surface area contributed by atoms with Gasteiger partial charge in [-0.3, -0.25) is 10.1 Å². The maximum absolute atomic E-state index is 12.4. The van der Waals surface area contributed by atoms with E-state index in [-0.39, 0.29) is 11.6 Å². The van der Waals surface area contributed by atoms with Gasteiger partial charge in [-0.2, -0.15) is 0 Å². The van der Waals surface area contributed by atoms with Crippen LogP contribution in [-0.2, 0) is 0 Å². The number of hydrogen-bond donors (Lipinski definition) is 1. The van der Waals surface area contributed by atoms with Crippen molar-refractivity contribution in [1.29, 1.82) is 0 Å². The first-order valence-electron chi connectivity index (χ1n) is 8.07. The molecule has 0 radical (unpaired) electrons. The molecule has 0 fully saturated rings. The van der Waals surface area contributed by atoms with Crippen LogP contribution in [0.4, 0.5) is 5.13 Å². The summed E-state index contributed by atoms with van der Waals surface area (Å²) in [6.45, 7) is 1.74. The van der Waals surface area contributed by atoms with Crippen molar-refractivity contribution in [3.63, 3.8) is 0 Å². The van der Waals surface area contributed by atoms with Gasteiger partial charge < -0.3 is 4.52 Å². The quantitative estimate of drug-likeness (QED) is 0.554. The predicted molar refractivity (Wildman–Crippen MR) is 102 cm³/mol. The number of hydrogen-bond acceptors (Lipinski definition) is 5. The molecular weight excluding hydrogens is 346 g/mol. The van der Waals surface area contributed by atoms with Crippen LogP contribution in [0, 0.1) is 6.92 Å². The largest absolute Gasteiger partial charge is 0.361 e. The number of rotatable bonds is 4. The number of carbonyl (C=O) groups is 1. The van der Waals surface area contributed by atoms with E-state index in [2.05, 4.69) is 15.5 Å². The summed E-state index contributed by atoms with van der Waals surface area (Å²) in [5, 5.41) is 7.09. The lowest BCUT2D eigenvalue weighted by Crippen LogP contribution is -2.11. The van der Waals surface area contributed by atoms with Crippen molar-refractivity contribution in [3.8, 4) is 21.7 Å². The van der Waals surface area contributed by atoms with Crippen molar-refractivity contribution in [3.05, 3.63) is 78.2 Å². The average molecular weight is 361 g/mol. The molecule has 2 aromatic heterocycles. The Labute approximate surface area is 154 Å². The summed E-state index contributed by atoms with van der Waals surface area (Å²) in [5.41, 5.74) is 3.13. The number of aromatic nitrogens is 2. The number of nitrogens with one attached hydrogen (secondary N) is 1. The van der Waals surface area contributed by atoms with Gasteiger partial charge in [-0.1, -0.05) is 77.2 Å². The Morgan fingerprint density at radius 2 is 1.65 bits per heavy atom. The van der Waals surface area contributed by atoms with Crippen molar-refractivity contribution in [2.45, 2.75) is 6.92 Å². The van der Waals surface area contributed by atoms with Crippen LogP contribution in [0.5, 0.6) is 0 Å². The SMILES string of the molecule is Cc1cc(C(=O)Nc2nc(-c3ccccc3)c(-c3ccccc3)s2)no1. The monoisotopic (exact) mass is 361 g/mol. The molecule has 5 nitrogen and oxygen atoms in total. The third-order valence-electron chi connectivity index (χ3n) is 3.79. The van der Waals surface area contributed by atoms with Gasteiger partial charge >= 0.3 is 0 Å². The van der Waals surface area contributed by atoms with Crippen LogP contribution < -0.4 is 5.32 Å². The number of amides is 1. The topological polar surface area (TPSA) is 68.0 Å². The molecule has 2 aromatic carbocycles. The smallest absolute Gasteiger partial charge is 0.279 e. The molecule has 4 rings (SSSR count). The molecule has 0 aliphatic carbocycles. The summed E-state index contributed by atoms with van der Waals surface area (Å²) < 4.78 is 4.96. The Kier molecular flexibility index (Phi) is 4.33. The zero-order chi connectivity index (χ0) is 17.9. The number of nitrogens with zero attached hydrogens (tertiary/aromatic N) is 2. The minimum atomic E-state index is -0.338. The Bertz CT molecular complexity index is 982. The summed E-state index contributed by atoms with van der Waals surface area (Å²) in [4.78, 5) is 18.0. The second-order valence-corrected chi connectivity index (χ2v) is 6.70. The maximum atomic E-state index is 12.4. The molecule has 0 spiro atoms. The van der Waals surface area contributed by atoms with Crippen LogP contribution in [0.15, 0.2) is 71.3 Å². The molecule has 0 saturated carbocycles. The Balaban J connectivity index is 1.73. The second kappa shape index (κ2) is 6.93. The van der Waals surface area contributed by atoms with Gasteiger partial charge in [0.25, 0.3) is 5.91 Å². The first kappa shape index (κ1) is 16.2. The van der Waals surface area contributed by atoms with Gasteiger partial charge in [-0.05, 0) is 12.5 Å². The minimum Gasteiger partial charge on any atom is -0.361 e. The van der Waals surface area contributed by atoms with Gasteiger partial charge in [0.15, 0.2) is 10.8 Å². The number of thiazole rings is 1. The summed E-state index contributed by atoms with van der Waals surface area (Å²) in [6, 6.07) is 21.5. The molecule has 4 aromatic rings. The zero-order valence-corrected chi connectivity index (χ0v) is 14.8. The first-order chi connectivity index (χ1) is 12.7. The van der Waals surface area contributed by atoms with Gasteiger partial charge in [-0.25, -0.2) is 4.98 Å². The molecule has 2 heterocycles. The van der Waals surface area contributed by atoms with Crippen LogP contribution in [0.1, 0.15) is 16.2 Å². The lowest BCUT2D eigenvalue weighted by Gasteiger charge is -2.02. The highest BCUT2D eigenvalue weighted by Gasteiger charge is 2.18. The Morgan fingerprint density at radius 1 is 1.00 bits per heavy atom. The predicted octanol–water partition coefficient (Wildman–Crippen LogP) is 5.03. The van der Waals surface area contributed by atoms with Crippen molar-refractivity contribution < 1.29 is 9.32 Å². The van der Waals surface area contributed by atoms with Crippen molar-refractivity contribution in [2.75, 3.05) is 5.32 Å². The molecule has 0 saturated heterocycles. The molecule has 0 bridgehead atoms. The van der Waals surface area contributed by atoms with Gasteiger partial charge in [-0.15, -0.1) is 0 Å². The Morgan fingerprint density at radius 3 is 2.27 bits per heavy atom. The van der Waals surface area contributed by atoms with E-state index in [1.165, 1.54) is 11.3 Å². The molecule has 0 atom stereocenters. The highest BCUT2D eigenvalue weighted by Crippen LogP contribution is 2.38. The molecule has 6 heteroatoms. The third-order valence-corrected chi connectivity index (χ3v) is 4.81. The molecule has 0 aliphatic heterocycles. The van der Waals surface area contributed by atoms with Crippen LogP contribution in [0.3, 0.4) is 0 Å². The highest BCUT2D eigenvalue weighted by molar-refractivity contribution is 7.19. The Hall–Kier alpha value is -3.25. The molecule has 26 heavy (non-hydrogen) atoms. The van der Waals surface area contributed by atoms with Crippen LogP contribution in [0.2, 0.25) is 0 Å². The van der Waals surface area contributed by atoms with E-state index in [1.54, 1.807) is 13.0 Å². The van der Waals surface area contributed by atoms with Gasteiger partial charge in [0.2, 0.25) is 0 Å². The molecule has 0 aliphatic rings. The van der Waals surface area contributed by atoms with E-state index in [4.69, 9.17) is 4.52 Å². The van der Waals surface area contributed by atoms with Crippen molar-refractivity contribution >= 4 is 22.4 Å². The zero-order valence-electron chi connectivity index (χ0n) is 14.0. The summed E-state index contributed by atoms with van der Waals surface area (Å²) in [5.74, 6) is 0.249. The van der Waals surface area contributed by atoms with E-state index >= 15 is 0 Å². The summed E-state index contributed by atoms with van der Waals surface area (Å²) in [7, 11) is 0.